The van der Waals surface area contributed by atoms with Gasteiger partial charge in [0, 0.05) is 24.0 Å². The van der Waals surface area contributed by atoms with Crippen molar-refractivity contribution in [3.05, 3.63) is 16.1 Å². The number of hydrogen-bond donors (Lipinski definition) is 1. The number of rotatable bonds is 6. The zero-order valence-corrected chi connectivity index (χ0v) is 11.6. The Morgan fingerprint density at radius 2 is 2.35 bits per heavy atom. The van der Waals surface area contributed by atoms with E-state index in [-0.39, 0.29) is 11.8 Å². The first-order valence-electron chi connectivity index (χ1n) is 5.91. The molecule has 0 aromatic carbocycles. The lowest BCUT2D eigenvalue weighted by Crippen LogP contribution is -2.31. The summed E-state index contributed by atoms with van der Waals surface area (Å²) >= 11 is 1.64. The number of nitrogens with zero attached hydrogens (tertiary/aromatic N) is 2. The van der Waals surface area contributed by atoms with Crippen LogP contribution < -0.4 is 5.73 Å². The van der Waals surface area contributed by atoms with Crippen LogP contribution in [0.2, 0.25) is 0 Å². The van der Waals surface area contributed by atoms with E-state index >= 15 is 0 Å². The van der Waals surface area contributed by atoms with Gasteiger partial charge < -0.3 is 10.6 Å². The monoisotopic (exact) mass is 255 g/mol. The van der Waals surface area contributed by atoms with Crippen molar-refractivity contribution in [1.29, 1.82) is 0 Å². The van der Waals surface area contributed by atoms with Gasteiger partial charge in [-0.05, 0) is 26.3 Å². The number of nitrogens with two attached hydrogens (primary N) is 1. The van der Waals surface area contributed by atoms with Crippen LogP contribution in [0.3, 0.4) is 0 Å². The highest BCUT2D eigenvalue weighted by molar-refractivity contribution is 7.11. The molecule has 0 radical (unpaired) electrons. The number of amides is 1. The van der Waals surface area contributed by atoms with E-state index in [1.165, 1.54) is 0 Å². The first-order valence-corrected chi connectivity index (χ1v) is 6.72. The Morgan fingerprint density at radius 1 is 1.65 bits per heavy atom. The molecule has 0 spiro atoms. The predicted octanol–water partition coefficient (Wildman–Crippen LogP) is 1.78. The van der Waals surface area contributed by atoms with Gasteiger partial charge in [0.05, 0.1) is 11.6 Å². The summed E-state index contributed by atoms with van der Waals surface area (Å²) in [4.78, 5) is 19.1. The Balaban J connectivity index is 2.46. The molecule has 0 saturated heterocycles. The first kappa shape index (κ1) is 14.1. The second-order valence-corrected chi connectivity index (χ2v) is 5.69. The van der Waals surface area contributed by atoms with Crippen molar-refractivity contribution >= 4 is 17.2 Å². The average molecular weight is 255 g/mol. The third-order valence-electron chi connectivity index (χ3n) is 2.70. The maximum absolute atomic E-state index is 12.0. The molecule has 1 atom stereocenters. The van der Waals surface area contributed by atoms with E-state index in [1.54, 1.807) is 16.2 Å². The fourth-order valence-corrected chi connectivity index (χ4v) is 2.56. The van der Waals surface area contributed by atoms with E-state index in [1.807, 2.05) is 27.1 Å². The molecule has 2 N–H and O–H groups in total. The molecule has 0 bridgehead atoms. The molecule has 5 heteroatoms. The molecular weight excluding hydrogens is 234 g/mol. The van der Waals surface area contributed by atoms with E-state index < -0.39 is 0 Å². The lowest BCUT2D eigenvalue weighted by molar-refractivity contribution is -0.134. The quantitative estimate of drug-likeness (QED) is 0.843. The Bertz CT molecular complexity index is 364. The molecule has 17 heavy (non-hydrogen) atoms. The average Bonchev–Trinajstić information content (AvgIpc) is 2.70. The van der Waals surface area contributed by atoms with Crippen molar-refractivity contribution in [3.8, 4) is 0 Å². The van der Waals surface area contributed by atoms with E-state index in [4.69, 9.17) is 5.73 Å². The number of hydrogen-bond acceptors (Lipinski definition) is 4. The highest BCUT2D eigenvalue weighted by atomic mass is 32.1. The van der Waals surface area contributed by atoms with Crippen molar-refractivity contribution in [2.24, 2.45) is 11.7 Å². The van der Waals surface area contributed by atoms with E-state index in [0.717, 1.165) is 22.7 Å². The molecule has 0 aliphatic carbocycles. The van der Waals surface area contributed by atoms with Crippen molar-refractivity contribution < 1.29 is 4.79 Å². The van der Waals surface area contributed by atoms with Crippen LogP contribution in [-0.4, -0.2) is 29.4 Å². The number of aromatic nitrogens is 1. The Kier molecular flexibility index (Phi) is 5.58. The Morgan fingerprint density at radius 3 is 2.88 bits per heavy atom. The third kappa shape index (κ3) is 4.44. The van der Waals surface area contributed by atoms with E-state index in [2.05, 4.69) is 4.98 Å². The summed E-state index contributed by atoms with van der Waals surface area (Å²) in [6.45, 7) is 5.24. The molecule has 1 aromatic rings. The summed E-state index contributed by atoms with van der Waals surface area (Å²) < 4.78 is 0. The standard InChI is InChI=1S/C12H21N3OS/c1-9(5-4-6-13)12(16)15(3)8-11-7-14-10(2)17-11/h7,9H,4-6,8,13H2,1-3H3. The van der Waals surface area contributed by atoms with Crippen LogP contribution in [0.5, 0.6) is 0 Å². The summed E-state index contributed by atoms with van der Waals surface area (Å²) in [5.41, 5.74) is 5.45. The largest absolute Gasteiger partial charge is 0.340 e. The molecule has 1 amide bonds. The van der Waals surface area contributed by atoms with Gasteiger partial charge in [-0.3, -0.25) is 4.79 Å². The zero-order chi connectivity index (χ0) is 12.8. The molecule has 1 aromatic heterocycles. The molecular formula is C12H21N3OS. The number of aryl methyl sites for hydroxylation is 1. The van der Waals surface area contributed by atoms with Crippen molar-refractivity contribution in [2.75, 3.05) is 13.6 Å². The number of thiazole rings is 1. The molecule has 96 valence electrons. The van der Waals surface area contributed by atoms with Crippen LogP contribution in [0, 0.1) is 12.8 Å². The summed E-state index contributed by atoms with van der Waals surface area (Å²) in [5.74, 6) is 0.238. The summed E-state index contributed by atoms with van der Waals surface area (Å²) in [6, 6.07) is 0. The fourth-order valence-electron chi connectivity index (χ4n) is 1.71. The highest BCUT2D eigenvalue weighted by Crippen LogP contribution is 2.16. The van der Waals surface area contributed by atoms with Gasteiger partial charge in [0.15, 0.2) is 0 Å². The maximum Gasteiger partial charge on any atom is 0.225 e. The molecule has 1 heterocycles. The Hall–Kier alpha value is -0.940. The molecule has 1 unspecified atom stereocenters. The van der Waals surface area contributed by atoms with Gasteiger partial charge in [0.25, 0.3) is 0 Å². The second kappa shape index (κ2) is 6.71. The van der Waals surface area contributed by atoms with Crippen LogP contribution in [0.1, 0.15) is 29.7 Å². The summed E-state index contributed by atoms with van der Waals surface area (Å²) in [7, 11) is 1.84. The smallest absolute Gasteiger partial charge is 0.225 e. The fraction of sp³-hybridized carbons (Fsp3) is 0.667. The van der Waals surface area contributed by atoms with Gasteiger partial charge in [-0.15, -0.1) is 11.3 Å². The predicted molar refractivity (Wildman–Crippen MR) is 70.8 cm³/mol. The Labute approximate surface area is 107 Å². The van der Waals surface area contributed by atoms with E-state index in [9.17, 15) is 4.79 Å². The molecule has 4 nitrogen and oxygen atoms in total. The van der Waals surface area contributed by atoms with Gasteiger partial charge in [-0.25, -0.2) is 4.98 Å². The highest BCUT2D eigenvalue weighted by Gasteiger charge is 2.17. The minimum atomic E-state index is 0.0533. The number of carbonyl (C=O) groups is 1. The van der Waals surface area contributed by atoms with Gasteiger partial charge >= 0.3 is 0 Å². The van der Waals surface area contributed by atoms with Crippen molar-refractivity contribution in [3.63, 3.8) is 0 Å². The molecule has 0 aliphatic rings. The van der Waals surface area contributed by atoms with Gasteiger partial charge in [0.2, 0.25) is 5.91 Å². The minimum Gasteiger partial charge on any atom is -0.340 e. The van der Waals surface area contributed by atoms with Crippen LogP contribution in [-0.2, 0) is 11.3 Å². The minimum absolute atomic E-state index is 0.0533. The zero-order valence-electron chi connectivity index (χ0n) is 10.8. The van der Waals surface area contributed by atoms with Crippen molar-refractivity contribution in [1.82, 2.24) is 9.88 Å². The maximum atomic E-state index is 12.0. The van der Waals surface area contributed by atoms with Crippen LogP contribution in [0.4, 0.5) is 0 Å². The lowest BCUT2D eigenvalue weighted by atomic mass is 10.0. The molecule has 0 saturated carbocycles. The third-order valence-corrected chi connectivity index (χ3v) is 3.60. The summed E-state index contributed by atoms with van der Waals surface area (Å²) in [6.07, 6.45) is 3.61. The molecule has 0 aliphatic heterocycles. The first-order chi connectivity index (χ1) is 8.04. The van der Waals surface area contributed by atoms with Crippen LogP contribution >= 0.6 is 11.3 Å². The summed E-state index contributed by atoms with van der Waals surface area (Å²) in [5, 5.41) is 1.04. The molecule has 1 rings (SSSR count). The van der Waals surface area contributed by atoms with Gasteiger partial charge in [-0.2, -0.15) is 0 Å². The van der Waals surface area contributed by atoms with E-state index in [0.29, 0.717) is 13.1 Å². The normalized spacial score (nSPS) is 12.5. The lowest BCUT2D eigenvalue weighted by Gasteiger charge is -2.20. The van der Waals surface area contributed by atoms with Crippen LogP contribution in [0.15, 0.2) is 6.20 Å². The second-order valence-electron chi connectivity index (χ2n) is 4.37. The SMILES string of the molecule is Cc1ncc(CN(C)C(=O)C(C)CCCN)s1. The topological polar surface area (TPSA) is 59.2 Å². The van der Waals surface area contributed by atoms with Crippen molar-refractivity contribution in [2.45, 2.75) is 33.2 Å². The molecule has 0 fully saturated rings. The number of carbonyl (C=O) groups excluding carboxylic acids is 1. The van der Waals surface area contributed by atoms with Crippen LogP contribution in [0.25, 0.3) is 0 Å². The van der Waals surface area contributed by atoms with Gasteiger partial charge in [-0.1, -0.05) is 6.92 Å². The van der Waals surface area contributed by atoms with Gasteiger partial charge in [0.1, 0.15) is 0 Å².